The largest absolute Gasteiger partial charge is 0.457 e. The van der Waals surface area contributed by atoms with Crippen LogP contribution in [0.1, 0.15) is 5.56 Å². The van der Waals surface area contributed by atoms with Crippen LogP contribution in [-0.4, -0.2) is 18.7 Å². The van der Waals surface area contributed by atoms with Crippen LogP contribution in [0.25, 0.3) is 0 Å². The molecule has 0 aliphatic carbocycles. The van der Waals surface area contributed by atoms with Gasteiger partial charge in [0.2, 0.25) is 0 Å². The third-order valence-corrected chi connectivity index (χ3v) is 2.12. The number of carbonyl (C=O) groups is 1. The van der Waals surface area contributed by atoms with Gasteiger partial charge in [0.15, 0.2) is 0 Å². The Morgan fingerprint density at radius 2 is 2.13 bits per heavy atom. The van der Waals surface area contributed by atoms with Crippen LogP contribution in [0.3, 0.4) is 0 Å². The molecule has 0 fully saturated rings. The van der Waals surface area contributed by atoms with Crippen LogP contribution in [-0.2, 0) is 16.1 Å². The predicted octanol–water partition coefficient (Wildman–Crippen LogP) is 1.74. The second kappa shape index (κ2) is 4.55. The Hall–Kier alpha value is -1.90. The summed E-state index contributed by atoms with van der Waals surface area (Å²) in [6, 6.07) is 9.61. The molecule has 1 aliphatic rings. The fraction of sp³-hybridized carbons (Fsp3) is 0.167. The van der Waals surface area contributed by atoms with E-state index in [9.17, 15) is 4.79 Å². The second-order valence-electron chi connectivity index (χ2n) is 3.24. The van der Waals surface area contributed by atoms with Crippen molar-refractivity contribution >= 4 is 12.2 Å². The number of rotatable bonds is 3. The smallest absolute Gasteiger partial charge is 0.336 e. The maximum Gasteiger partial charge on any atom is 0.336 e. The van der Waals surface area contributed by atoms with E-state index in [0.717, 1.165) is 5.56 Å². The van der Waals surface area contributed by atoms with Gasteiger partial charge in [-0.25, -0.2) is 4.79 Å². The number of hydrogen-bond donors (Lipinski definition) is 0. The average Bonchev–Trinajstić information content (AvgIpc) is 2.81. The highest BCUT2D eigenvalue weighted by Crippen LogP contribution is 2.06. The van der Waals surface area contributed by atoms with E-state index in [-0.39, 0.29) is 5.97 Å². The monoisotopic (exact) mass is 201 g/mol. The topological polar surface area (TPSA) is 38.7 Å². The first-order valence-corrected chi connectivity index (χ1v) is 4.76. The summed E-state index contributed by atoms with van der Waals surface area (Å²) in [5.41, 5.74) is 1.61. The third-order valence-electron chi connectivity index (χ3n) is 2.12. The summed E-state index contributed by atoms with van der Waals surface area (Å²) in [7, 11) is 0. The lowest BCUT2D eigenvalue weighted by Gasteiger charge is -2.04. The minimum absolute atomic E-state index is 0.281. The van der Waals surface area contributed by atoms with E-state index in [1.807, 2.05) is 30.3 Å². The highest BCUT2D eigenvalue weighted by atomic mass is 16.5. The Bertz CT molecular complexity index is 407. The summed E-state index contributed by atoms with van der Waals surface area (Å²) >= 11 is 0. The number of aliphatic imine (C=N–C) groups is 1. The van der Waals surface area contributed by atoms with Crippen LogP contribution in [0.2, 0.25) is 0 Å². The molecule has 0 radical (unpaired) electrons. The van der Waals surface area contributed by atoms with E-state index in [1.165, 1.54) is 0 Å². The SMILES string of the molecule is O=C(OCc1ccccc1)C1=CC=NC1. The van der Waals surface area contributed by atoms with E-state index in [2.05, 4.69) is 4.99 Å². The average molecular weight is 201 g/mol. The van der Waals surface area contributed by atoms with Crippen LogP contribution in [0.15, 0.2) is 47.0 Å². The summed E-state index contributed by atoms with van der Waals surface area (Å²) in [5.74, 6) is -0.281. The van der Waals surface area contributed by atoms with Gasteiger partial charge in [0, 0.05) is 6.21 Å². The van der Waals surface area contributed by atoms with Crippen molar-refractivity contribution in [3.8, 4) is 0 Å². The summed E-state index contributed by atoms with van der Waals surface area (Å²) < 4.78 is 5.12. The first-order valence-electron chi connectivity index (χ1n) is 4.76. The Balaban J connectivity index is 1.86. The van der Waals surface area contributed by atoms with E-state index < -0.39 is 0 Å². The van der Waals surface area contributed by atoms with Gasteiger partial charge in [-0.3, -0.25) is 4.99 Å². The molecular weight excluding hydrogens is 190 g/mol. The van der Waals surface area contributed by atoms with Crippen LogP contribution in [0.4, 0.5) is 0 Å². The molecule has 0 saturated heterocycles. The number of ether oxygens (including phenoxy) is 1. The Labute approximate surface area is 88.1 Å². The first-order chi connectivity index (χ1) is 7.36. The minimum atomic E-state index is -0.281. The van der Waals surface area contributed by atoms with E-state index in [1.54, 1.807) is 12.3 Å². The quantitative estimate of drug-likeness (QED) is 0.699. The zero-order valence-corrected chi connectivity index (χ0v) is 8.22. The molecule has 0 N–H and O–H groups in total. The molecule has 1 aromatic rings. The van der Waals surface area contributed by atoms with Crippen molar-refractivity contribution < 1.29 is 9.53 Å². The molecule has 0 saturated carbocycles. The highest BCUT2D eigenvalue weighted by molar-refractivity contribution is 5.96. The Kier molecular flexibility index (Phi) is 2.93. The summed E-state index contributed by atoms with van der Waals surface area (Å²) in [5, 5.41) is 0. The highest BCUT2D eigenvalue weighted by Gasteiger charge is 2.12. The molecule has 0 bridgehead atoms. The molecular formula is C12H11NO2. The van der Waals surface area contributed by atoms with Gasteiger partial charge in [0.25, 0.3) is 0 Å². The van der Waals surface area contributed by atoms with Crippen LogP contribution < -0.4 is 0 Å². The molecule has 3 nitrogen and oxygen atoms in total. The zero-order valence-electron chi connectivity index (χ0n) is 8.22. The van der Waals surface area contributed by atoms with Gasteiger partial charge in [-0.1, -0.05) is 30.3 Å². The van der Waals surface area contributed by atoms with Crippen LogP contribution in [0, 0.1) is 0 Å². The number of carbonyl (C=O) groups excluding carboxylic acids is 1. The lowest BCUT2D eigenvalue weighted by molar-refractivity contribution is -0.140. The molecule has 0 aromatic heterocycles. The molecule has 1 heterocycles. The van der Waals surface area contributed by atoms with Crippen LogP contribution in [0.5, 0.6) is 0 Å². The fourth-order valence-corrected chi connectivity index (χ4v) is 1.29. The lowest BCUT2D eigenvalue weighted by Crippen LogP contribution is -2.08. The molecule has 0 unspecified atom stereocenters. The minimum Gasteiger partial charge on any atom is -0.457 e. The molecule has 1 aromatic carbocycles. The summed E-state index contributed by atoms with van der Waals surface area (Å²) in [6.45, 7) is 0.755. The lowest BCUT2D eigenvalue weighted by atomic mass is 10.2. The standard InChI is InChI=1S/C12H11NO2/c14-12(11-6-7-13-8-11)15-9-10-4-2-1-3-5-10/h1-7H,8-9H2. The molecule has 0 spiro atoms. The third kappa shape index (κ3) is 2.53. The number of allylic oxidation sites excluding steroid dienone is 1. The van der Waals surface area contributed by atoms with Crippen molar-refractivity contribution in [2.75, 3.05) is 6.54 Å². The van der Waals surface area contributed by atoms with Gasteiger partial charge in [-0.15, -0.1) is 0 Å². The van der Waals surface area contributed by atoms with Gasteiger partial charge in [-0.05, 0) is 11.6 Å². The first kappa shape index (κ1) is 9.65. The van der Waals surface area contributed by atoms with Crippen molar-refractivity contribution in [2.45, 2.75) is 6.61 Å². The predicted molar refractivity (Wildman–Crippen MR) is 57.7 cm³/mol. The maximum atomic E-state index is 11.4. The second-order valence-corrected chi connectivity index (χ2v) is 3.24. The number of hydrogen-bond acceptors (Lipinski definition) is 3. The van der Waals surface area contributed by atoms with Gasteiger partial charge in [-0.2, -0.15) is 0 Å². The molecule has 0 amide bonds. The van der Waals surface area contributed by atoms with Gasteiger partial charge >= 0.3 is 5.97 Å². The van der Waals surface area contributed by atoms with Crippen molar-refractivity contribution in [1.82, 2.24) is 0 Å². The normalized spacial score (nSPS) is 13.7. The molecule has 15 heavy (non-hydrogen) atoms. The molecule has 0 atom stereocenters. The fourth-order valence-electron chi connectivity index (χ4n) is 1.29. The maximum absolute atomic E-state index is 11.4. The van der Waals surface area contributed by atoms with Gasteiger partial charge < -0.3 is 4.74 Å². The summed E-state index contributed by atoms with van der Waals surface area (Å²) in [6.07, 6.45) is 3.31. The molecule has 1 aliphatic heterocycles. The van der Waals surface area contributed by atoms with Crippen molar-refractivity contribution in [3.63, 3.8) is 0 Å². The molecule has 76 valence electrons. The number of esters is 1. The van der Waals surface area contributed by atoms with Crippen molar-refractivity contribution in [1.29, 1.82) is 0 Å². The van der Waals surface area contributed by atoms with Crippen molar-refractivity contribution in [3.05, 3.63) is 47.5 Å². The molecule has 3 heteroatoms. The van der Waals surface area contributed by atoms with E-state index >= 15 is 0 Å². The number of benzene rings is 1. The van der Waals surface area contributed by atoms with E-state index in [4.69, 9.17) is 4.74 Å². The van der Waals surface area contributed by atoms with Gasteiger partial charge in [0.1, 0.15) is 6.61 Å². The Morgan fingerprint density at radius 1 is 1.33 bits per heavy atom. The zero-order chi connectivity index (χ0) is 10.5. The van der Waals surface area contributed by atoms with E-state index in [0.29, 0.717) is 18.7 Å². The van der Waals surface area contributed by atoms with Crippen LogP contribution >= 0.6 is 0 Å². The number of nitrogens with zero attached hydrogens (tertiary/aromatic N) is 1. The van der Waals surface area contributed by atoms with Gasteiger partial charge in [0.05, 0.1) is 12.1 Å². The molecule has 2 rings (SSSR count). The summed E-state index contributed by atoms with van der Waals surface area (Å²) in [4.78, 5) is 15.4. The van der Waals surface area contributed by atoms with Crippen molar-refractivity contribution in [2.24, 2.45) is 4.99 Å². The Morgan fingerprint density at radius 3 is 2.80 bits per heavy atom.